The zero-order chi connectivity index (χ0) is 24.0. The number of aldehydes is 1. The quantitative estimate of drug-likeness (QED) is 0.424. The van der Waals surface area contributed by atoms with Crippen LogP contribution in [-0.2, 0) is 25.5 Å². The molecule has 0 radical (unpaired) electrons. The summed E-state index contributed by atoms with van der Waals surface area (Å²) in [5.74, 6) is -0.748. The minimum Gasteiger partial charge on any atom is -0.443 e. The third kappa shape index (κ3) is 7.45. The van der Waals surface area contributed by atoms with Crippen molar-refractivity contribution in [2.24, 2.45) is 11.8 Å². The first-order chi connectivity index (χ1) is 15.7. The third-order valence-electron chi connectivity index (χ3n) is 6.04. The van der Waals surface area contributed by atoms with Gasteiger partial charge in [0.2, 0.25) is 11.8 Å². The fourth-order valence-corrected chi connectivity index (χ4v) is 4.37. The van der Waals surface area contributed by atoms with E-state index in [2.05, 4.69) is 16.0 Å². The molecule has 0 aromatic heterocycles. The lowest BCUT2D eigenvalue weighted by atomic mass is 9.98. The molecule has 2 fully saturated rings. The Kier molecular flexibility index (Phi) is 8.35. The van der Waals surface area contributed by atoms with E-state index in [0.29, 0.717) is 37.1 Å². The Labute approximate surface area is 199 Å². The van der Waals surface area contributed by atoms with Crippen LogP contribution in [0.15, 0.2) is 24.3 Å². The highest BCUT2D eigenvalue weighted by atomic mass is 35.5. The summed E-state index contributed by atoms with van der Waals surface area (Å²) in [6.45, 7) is 4.45. The highest BCUT2D eigenvalue weighted by molar-refractivity contribution is 6.30. The van der Waals surface area contributed by atoms with Crippen molar-refractivity contribution in [2.45, 2.75) is 70.1 Å². The second-order valence-corrected chi connectivity index (χ2v) is 9.91. The number of hydrogen-bond acceptors (Lipinski definition) is 5. The summed E-state index contributed by atoms with van der Waals surface area (Å²) in [5.41, 5.74) is 0.392. The van der Waals surface area contributed by atoms with E-state index in [-0.39, 0.29) is 24.2 Å². The van der Waals surface area contributed by atoms with Gasteiger partial charge in [-0.05, 0) is 55.7 Å². The Balaban J connectivity index is 1.57. The van der Waals surface area contributed by atoms with E-state index >= 15 is 0 Å². The van der Waals surface area contributed by atoms with Gasteiger partial charge < -0.3 is 25.5 Å². The van der Waals surface area contributed by atoms with E-state index in [1.165, 1.54) is 0 Å². The first kappa shape index (κ1) is 25.0. The lowest BCUT2D eigenvalue weighted by Crippen LogP contribution is -2.51. The van der Waals surface area contributed by atoms with E-state index in [0.717, 1.165) is 18.4 Å². The van der Waals surface area contributed by atoms with Crippen molar-refractivity contribution in [1.29, 1.82) is 0 Å². The molecule has 1 aromatic rings. The second-order valence-electron chi connectivity index (χ2n) is 9.47. The number of ether oxygens (including phenoxy) is 1. The average Bonchev–Trinajstić information content (AvgIpc) is 3.36. The molecule has 180 valence electrons. The minimum atomic E-state index is -0.848. The molecule has 0 spiro atoms. The van der Waals surface area contributed by atoms with Gasteiger partial charge in [0.05, 0.1) is 6.04 Å². The molecular formula is C24H32ClN3O5. The van der Waals surface area contributed by atoms with Gasteiger partial charge >= 0.3 is 6.09 Å². The Morgan fingerprint density at radius 2 is 2.06 bits per heavy atom. The first-order valence-corrected chi connectivity index (χ1v) is 11.8. The number of nitrogens with one attached hydrogen (secondary N) is 3. The van der Waals surface area contributed by atoms with Crippen molar-refractivity contribution in [3.63, 3.8) is 0 Å². The molecule has 33 heavy (non-hydrogen) atoms. The van der Waals surface area contributed by atoms with Crippen molar-refractivity contribution >= 4 is 35.8 Å². The van der Waals surface area contributed by atoms with Crippen LogP contribution in [0.3, 0.4) is 0 Å². The maximum Gasteiger partial charge on any atom is 0.408 e. The van der Waals surface area contributed by atoms with E-state index in [1.807, 2.05) is 32.0 Å². The Hall–Kier alpha value is -2.61. The molecule has 3 atom stereocenters. The summed E-state index contributed by atoms with van der Waals surface area (Å²) < 4.78 is 5.71. The maximum atomic E-state index is 12.9. The molecule has 8 nitrogen and oxygen atoms in total. The van der Waals surface area contributed by atoms with Gasteiger partial charge in [-0.1, -0.05) is 37.6 Å². The molecule has 1 saturated carbocycles. The normalized spacial score (nSPS) is 20.5. The monoisotopic (exact) mass is 477 g/mol. The zero-order valence-corrected chi connectivity index (χ0v) is 19.8. The van der Waals surface area contributed by atoms with Crippen LogP contribution in [0.2, 0.25) is 5.02 Å². The van der Waals surface area contributed by atoms with E-state index in [9.17, 15) is 19.2 Å². The van der Waals surface area contributed by atoms with Crippen LogP contribution in [-0.4, -0.2) is 48.4 Å². The zero-order valence-electron chi connectivity index (χ0n) is 19.1. The predicted molar refractivity (Wildman–Crippen MR) is 124 cm³/mol. The molecule has 1 aromatic carbocycles. The third-order valence-corrected chi connectivity index (χ3v) is 6.28. The van der Waals surface area contributed by atoms with Gasteiger partial charge in [0, 0.05) is 23.9 Å². The van der Waals surface area contributed by atoms with Crippen LogP contribution < -0.4 is 16.0 Å². The number of amides is 3. The molecule has 9 heteroatoms. The molecule has 2 aliphatic rings. The molecule has 3 rings (SSSR count). The van der Waals surface area contributed by atoms with Gasteiger partial charge in [0.25, 0.3) is 0 Å². The van der Waals surface area contributed by atoms with Gasteiger partial charge in [0.15, 0.2) is 0 Å². The topological polar surface area (TPSA) is 114 Å². The molecule has 1 heterocycles. The number of rotatable bonds is 11. The van der Waals surface area contributed by atoms with Crippen molar-refractivity contribution in [2.75, 3.05) is 6.54 Å². The standard InChI is InChI=1S/C24H32ClN3O5/c1-15(2)10-20(22(31)27-19(14-29)12-17-6-9-26-21(17)30)28-23(32)33-24(7-8-24)13-16-4-3-5-18(25)11-16/h3-5,11,14-15,17,19-20H,6-10,12-13H2,1-2H3,(H,26,30)(H,27,31)(H,28,32)/t17-,19-,20-/m0/s1. The fraction of sp³-hybridized carbons (Fsp3) is 0.583. The molecule has 3 amide bonds. The van der Waals surface area contributed by atoms with Gasteiger partial charge in [-0.15, -0.1) is 0 Å². The number of hydrogen-bond donors (Lipinski definition) is 3. The van der Waals surface area contributed by atoms with Crippen molar-refractivity contribution in [3.8, 4) is 0 Å². The van der Waals surface area contributed by atoms with Gasteiger partial charge in [0.1, 0.15) is 17.9 Å². The van der Waals surface area contributed by atoms with Crippen LogP contribution in [0.4, 0.5) is 4.79 Å². The minimum absolute atomic E-state index is 0.106. The summed E-state index contributed by atoms with van der Waals surface area (Å²) in [4.78, 5) is 48.9. The largest absolute Gasteiger partial charge is 0.443 e. The molecular weight excluding hydrogens is 446 g/mol. The summed E-state index contributed by atoms with van der Waals surface area (Å²) in [5, 5.41) is 8.71. The number of halogens is 1. The molecule has 3 N–H and O–H groups in total. The van der Waals surface area contributed by atoms with Gasteiger partial charge in [-0.3, -0.25) is 9.59 Å². The Morgan fingerprint density at radius 3 is 2.64 bits per heavy atom. The highest BCUT2D eigenvalue weighted by Gasteiger charge is 2.47. The maximum absolute atomic E-state index is 12.9. The average molecular weight is 478 g/mol. The van der Waals surface area contributed by atoms with E-state index in [4.69, 9.17) is 16.3 Å². The molecule has 0 bridgehead atoms. The van der Waals surface area contributed by atoms with Crippen LogP contribution >= 0.6 is 11.6 Å². The molecule has 1 saturated heterocycles. The predicted octanol–water partition coefficient (Wildman–Crippen LogP) is 2.77. The Morgan fingerprint density at radius 1 is 1.30 bits per heavy atom. The number of benzene rings is 1. The van der Waals surface area contributed by atoms with Crippen molar-refractivity contribution in [1.82, 2.24) is 16.0 Å². The summed E-state index contributed by atoms with van der Waals surface area (Å²) in [6, 6.07) is 5.79. The van der Waals surface area contributed by atoms with Gasteiger partial charge in [-0.2, -0.15) is 0 Å². The lowest BCUT2D eigenvalue weighted by molar-refractivity contribution is -0.127. The smallest absolute Gasteiger partial charge is 0.408 e. The number of carbonyl (C=O) groups is 4. The first-order valence-electron chi connectivity index (χ1n) is 11.5. The summed E-state index contributed by atoms with van der Waals surface area (Å²) in [6.07, 6.45) is 3.27. The highest BCUT2D eigenvalue weighted by Crippen LogP contribution is 2.42. The molecule has 0 unspecified atom stereocenters. The van der Waals surface area contributed by atoms with Crippen LogP contribution in [0, 0.1) is 11.8 Å². The number of alkyl carbamates (subject to hydrolysis) is 1. The van der Waals surface area contributed by atoms with E-state index < -0.39 is 29.7 Å². The lowest BCUT2D eigenvalue weighted by Gasteiger charge is -2.24. The molecule has 1 aliphatic heterocycles. The van der Waals surface area contributed by atoms with Crippen molar-refractivity contribution < 1.29 is 23.9 Å². The number of carbonyl (C=O) groups excluding carboxylic acids is 4. The van der Waals surface area contributed by atoms with Crippen LogP contribution in [0.25, 0.3) is 0 Å². The second kappa shape index (κ2) is 11.0. The van der Waals surface area contributed by atoms with Gasteiger partial charge in [-0.25, -0.2) is 4.79 Å². The summed E-state index contributed by atoms with van der Waals surface area (Å²) in [7, 11) is 0. The van der Waals surface area contributed by atoms with Crippen molar-refractivity contribution in [3.05, 3.63) is 34.9 Å². The Bertz CT molecular complexity index is 887. The fourth-order valence-electron chi connectivity index (χ4n) is 4.15. The van der Waals surface area contributed by atoms with Crippen LogP contribution in [0.5, 0.6) is 0 Å². The summed E-state index contributed by atoms with van der Waals surface area (Å²) >= 11 is 6.06. The van der Waals surface area contributed by atoms with E-state index in [1.54, 1.807) is 6.07 Å². The molecule has 1 aliphatic carbocycles. The SMILES string of the molecule is CC(C)C[C@H](NC(=O)OC1(Cc2cccc(Cl)c2)CC1)C(=O)N[C@H](C=O)C[C@@H]1CCNC1=O. The van der Waals surface area contributed by atoms with Crippen LogP contribution in [0.1, 0.15) is 51.5 Å².